The number of nitrogens with zero attached hydrogens (tertiary/aromatic N) is 2. The predicted octanol–water partition coefficient (Wildman–Crippen LogP) is 2.28. The lowest BCUT2D eigenvalue weighted by Gasteiger charge is -2.17. The molecule has 28 heavy (non-hydrogen) atoms. The van der Waals surface area contributed by atoms with Crippen molar-refractivity contribution in [2.24, 2.45) is 0 Å². The summed E-state index contributed by atoms with van der Waals surface area (Å²) in [6.07, 6.45) is 1.92. The summed E-state index contributed by atoms with van der Waals surface area (Å²) in [5, 5.41) is 10.4. The van der Waals surface area contributed by atoms with Gasteiger partial charge < -0.3 is 10.2 Å². The second-order valence-electron chi connectivity index (χ2n) is 6.22. The fourth-order valence-electron chi connectivity index (χ4n) is 2.83. The van der Waals surface area contributed by atoms with E-state index < -0.39 is 0 Å². The Balaban J connectivity index is 1.68. The van der Waals surface area contributed by atoms with E-state index in [1.807, 2.05) is 30.5 Å². The number of benzene rings is 2. The molecule has 8 heteroatoms. The summed E-state index contributed by atoms with van der Waals surface area (Å²) in [4.78, 5) is 39.0. The molecule has 0 saturated carbocycles. The van der Waals surface area contributed by atoms with Crippen molar-refractivity contribution >= 4 is 40.0 Å². The molecule has 0 aliphatic heterocycles. The van der Waals surface area contributed by atoms with Crippen LogP contribution in [0.25, 0.3) is 10.8 Å². The standard InChI is InChI=1S/C20H20N4O3S/c1-24(12-18(25)21-15-9-5-6-10-17(15)28-2)19(26)11-16-13-7-3-4-8-14(13)20(27)23-22-16/h3-10H,11-12H2,1-2H3,(H,21,25)(H,23,27). The summed E-state index contributed by atoms with van der Waals surface area (Å²) in [5.74, 6) is -0.547. The minimum absolute atomic E-state index is 0.0114. The van der Waals surface area contributed by atoms with Crippen LogP contribution in [0.15, 0.2) is 58.2 Å². The predicted molar refractivity (Wildman–Crippen MR) is 111 cm³/mol. The Morgan fingerprint density at radius 3 is 2.54 bits per heavy atom. The molecule has 0 bridgehead atoms. The normalized spacial score (nSPS) is 10.6. The van der Waals surface area contributed by atoms with Crippen LogP contribution in [0.1, 0.15) is 5.69 Å². The van der Waals surface area contributed by atoms with E-state index in [9.17, 15) is 14.4 Å². The van der Waals surface area contributed by atoms with Crippen molar-refractivity contribution in [1.82, 2.24) is 15.1 Å². The molecule has 2 N–H and O–H groups in total. The number of fused-ring (bicyclic) bond motifs is 1. The summed E-state index contributed by atoms with van der Waals surface area (Å²) < 4.78 is 0. The van der Waals surface area contributed by atoms with Crippen molar-refractivity contribution in [1.29, 1.82) is 0 Å². The summed E-state index contributed by atoms with van der Waals surface area (Å²) in [6.45, 7) is -0.0805. The Bertz CT molecular complexity index is 1080. The van der Waals surface area contributed by atoms with Gasteiger partial charge in [-0.2, -0.15) is 5.10 Å². The van der Waals surface area contributed by atoms with Crippen molar-refractivity contribution in [2.75, 3.05) is 25.2 Å². The molecule has 0 saturated heterocycles. The van der Waals surface area contributed by atoms with E-state index in [2.05, 4.69) is 15.5 Å². The molecule has 0 fully saturated rings. The zero-order valence-electron chi connectivity index (χ0n) is 15.6. The lowest BCUT2D eigenvalue weighted by Crippen LogP contribution is -2.36. The van der Waals surface area contributed by atoms with Gasteiger partial charge in [0.15, 0.2) is 0 Å². The first-order valence-electron chi connectivity index (χ1n) is 8.62. The van der Waals surface area contributed by atoms with Gasteiger partial charge in [0.2, 0.25) is 11.8 Å². The van der Waals surface area contributed by atoms with Gasteiger partial charge in [-0.1, -0.05) is 30.3 Å². The minimum atomic E-state index is -0.299. The molecule has 0 spiro atoms. The van der Waals surface area contributed by atoms with Gasteiger partial charge in [0.25, 0.3) is 5.56 Å². The Hall–Kier alpha value is -3.13. The summed E-state index contributed by atoms with van der Waals surface area (Å²) >= 11 is 1.53. The third kappa shape index (κ3) is 4.40. The van der Waals surface area contributed by atoms with Crippen LogP contribution in [-0.4, -0.2) is 46.8 Å². The third-order valence-corrected chi connectivity index (χ3v) is 5.08. The number of thioether (sulfide) groups is 1. The molecule has 3 aromatic rings. The zero-order valence-corrected chi connectivity index (χ0v) is 16.4. The second-order valence-corrected chi connectivity index (χ2v) is 7.07. The largest absolute Gasteiger partial charge is 0.336 e. The Kier molecular flexibility index (Phi) is 6.10. The monoisotopic (exact) mass is 396 g/mol. The number of aromatic nitrogens is 2. The quantitative estimate of drug-likeness (QED) is 0.624. The number of carbonyl (C=O) groups excluding carboxylic acids is 2. The van der Waals surface area contributed by atoms with Crippen LogP contribution in [0.3, 0.4) is 0 Å². The van der Waals surface area contributed by atoms with E-state index in [-0.39, 0.29) is 30.3 Å². The van der Waals surface area contributed by atoms with Crippen LogP contribution in [0.5, 0.6) is 0 Å². The van der Waals surface area contributed by atoms with Crippen LogP contribution in [0.2, 0.25) is 0 Å². The van der Waals surface area contributed by atoms with Gasteiger partial charge in [-0.15, -0.1) is 11.8 Å². The highest BCUT2D eigenvalue weighted by Gasteiger charge is 2.17. The molecule has 144 valence electrons. The van der Waals surface area contributed by atoms with Crippen LogP contribution >= 0.6 is 11.8 Å². The van der Waals surface area contributed by atoms with Crippen molar-refractivity contribution < 1.29 is 9.59 Å². The Labute approximate surface area is 166 Å². The number of hydrogen-bond acceptors (Lipinski definition) is 5. The first-order chi connectivity index (χ1) is 13.5. The summed E-state index contributed by atoms with van der Waals surface area (Å²) in [5.41, 5.74) is 0.890. The second kappa shape index (κ2) is 8.71. The van der Waals surface area contributed by atoms with E-state index in [1.165, 1.54) is 16.7 Å². The van der Waals surface area contributed by atoms with Crippen molar-refractivity contribution in [3.8, 4) is 0 Å². The number of rotatable bonds is 6. The minimum Gasteiger partial charge on any atom is -0.336 e. The first-order valence-corrected chi connectivity index (χ1v) is 9.85. The van der Waals surface area contributed by atoms with Gasteiger partial charge in [-0.05, 0) is 24.5 Å². The van der Waals surface area contributed by atoms with E-state index in [1.54, 1.807) is 31.3 Å². The molecule has 0 atom stereocenters. The average Bonchev–Trinajstić information content (AvgIpc) is 2.70. The van der Waals surface area contributed by atoms with Crippen molar-refractivity contribution in [3.05, 3.63) is 64.6 Å². The number of hydrogen-bond donors (Lipinski definition) is 2. The lowest BCUT2D eigenvalue weighted by atomic mass is 10.1. The van der Waals surface area contributed by atoms with Gasteiger partial charge in [0.1, 0.15) is 0 Å². The molecule has 0 aliphatic rings. The summed E-state index contributed by atoms with van der Waals surface area (Å²) in [7, 11) is 1.57. The maximum atomic E-state index is 12.6. The molecule has 7 nitrogen and oxygen atoms in total. The number of amides is 2. The molecular weight excluding hydrogens is 376 g/mol. The zero-order chi connectivity index (χ0) is 20.1. The fraction of sp³-hybridized carbons (Fsp3) is 0.200. The molecule has 2 aromatic carbocycles. The number of likely N-dealkylation sites (N-methyl/N-ethyl adjacent to an activating group) is 1. The highest BCUT2D eigenvalue weighted by Crippen LogP contribution is 2.24. The number of H-pyrrole nitrogens is 1. The van der Waals surface area contributed by atoms with Crippen LogP contribution < -0.4 is 10.9 Å². The Morgan fingerprint density at radius 1 is 1.11 bits per heavy atom. The van der Waals surface area contributed by atoms with Gasteiger partial charge in [-0.25, -0.2) is 5.10 Å². The third-order valence-electron chi connectivity index (χ3n) is 4.28. The number of nitrogens with one attached hydrogen (secondary N) is 2. The number of aromatic amines is 1. The highest BCUT2D eigenvalue weighted by molar-refractivity contribution is 7.98. The summed E-state index contributed by atoms with van der Waals surface area (Å²) in [6, 6.07) is 14.5. The first kappa shape index (κ1) is 19.6. The van der Waals surface area contributed by atoms with Gasteiger partial charge in [0.05, 0.1) is 29.7 Å². The van der Waals surface area contributed by atoms with Crippen molar-refractivity contribution in [2.45, 2.75) is 11.3 Å². The number of para-hydroxylation sites is 1. The molecule has 0 aliphatic carbocycles. The van der Waals surface area contributed by atoms with Crippen LogP contribution in [-0.2, 0) is 16.0 Å². The van der Waals surface area contributed by atoms with Crippen LogP contribution in [0, 0.1) is 0 Å². The molecule has 3 rings (SSSR count). The molecule has 0 radical (unpaired) electrons. The average molecular weight is 396 g/mol. The number of anilines is 1. The molecule has 2 amide bonds. The SMILES string of the molecule is CSc1ccccc1NC(=O)CN(C)C(=O)Cc1n[nH]c(=O)c2ccccc12. The fourth-order valence-corrected chi connectivity index (χ4v) is 3.38. The van der Waals surface area contributed by atoms with Gasteiger partial charge >= 0.3 is 0 Å². The maximum absolute atomic E-state index is 12.6. The van der Waals surface area contributed by atoms with E-state index in [0.29, 0.717) is 22.2 Å². The van der Waals surface area contributed by atoms with E-state index in [0.717, 1.165) is 4.90 Å². The molecule has 0 unspecified atom stereocenters. The molecule has 1 heterocycles. The van der Waals surface area contributed by atoms with Crippen molar-refractivity contribution in [3.63, 3.8) is 0 Å². The highest BCUT2D eigenvalue weighted by atomic mass is 32.2. The molecule has 1 aromatic heterocycles. The maximum Gasteiger partial charge on any atom is 0.272 e. The topological polar surface area (TPSA) is 95.2 Å². The number of carbonyl (C=O) groups is 2. The van der Waals surface area contributed by atoms with Crippen LogP contribution in [0.4, 0.5) is 5.69 Å². The van der Waals surface area contributed by atoms with Gasteiger partial charge in [-0.3, -0.25) is 14.4 Å². The van der Waals surface area contributed by atoms with E-state index >= 15 is 0 Å². The lowest BCUT2D eigenvalue weighted by molar-refractivity contribution is -0.132. The van der Waals surface area contributed by atoms with Gasteiger partial charge in [0, 0.05) is 17.3 Å². The Morgan fingerprint density at radius 2 is 1.79 bits per heavy atom. The van der Waals surface area contributed by atoms with E-state index in [4.69, 9.17) is 0 Å². The smallest absolute Gasteiger partial charge is 0.272 e. The molecular formula is C20H20N4O3S.